The highest BCUT2D eigenvalue weighted by molar-refractivity contribution is 6.00. The van der Waals surface area contributed by atoms with Gasteiger partial charge in [-0.2, -0.15) is 13.2 Å². The van der Waals surface area contributed by atoms with Gasteiger partial charge in [0.1, 0.15) is 12.0 Å². The van der Waals surface area contributed by atoms with Crippen molar-refractivity contribution in [2.75, 3.05) is 20.1 Å². The lowest BCUT2D eigenvalue weighted by Crippen LogP contribution is -2.54. The van der Waals surface area contributed by atoms with E-state index in [9.17, 15) is 22.8 Å². The van der Waals surface area contributed by atoms with Crippen LogP contribution in [0, 0.1) is 5.92 Å². The predicted octanol–water partition coefficient (Wildman–Crippen LogP) is 0.591. The van der Waals surface area contributed by atoms with Gasteiger partial charge in [0.15, 0.2) is 0 Å². The van der Waals surface area contributed by atoms with Crippen molar-refractivity contribution in [3.8, 4) is 0 Å². The predicted molar refractivity (Wildman–Crippen MR) is 69.5 cm³/mol. The highest BCUT2D eigenvalue weighted by atomic mass is 35.5. The molecule has 0 spiro atoms. The van der Waals surface area contributed by atoms with Crippen molar-refractivity contribution in [1.82, 2.24) is 16.0 Å². The molecule has 1 saturated heterocycles. The summed E-state index contributed by atoms with van der Waals surface area (Å²) in [6.07, 6.45) is -4.09. The third-order valence-corrected chi connectivity index (χ3v) is 2.99. The van der Waals surface area contributed by atoms with Crippen LogP contribution in [0.3, 0.4) is 0 Å². The lowest BCUT2D eigenvalue weighted by Gasteiger charge is -2.29. The van der Waals surface area contributed by atoms with E-state index < -0.39 is 30.0 Å². The molecule has 9 heteroatoms. The highest BCUT2D eigenvalue weighted by Crippen LogP contribution is 2.28. The minimum atomic E-state index is -4.45. The Kier molecular flexibility index (Phi) is 7.88. The summed E-state index contributed by atoms with van der Waals surface area (Å²) < 4.78 is 37.2. The first kappa shape index (κ1) is 19.0. The summed E-state index contributed by atoms with van der Waals surface area (Å²) in [5.41, 5.74) is 0. The molecule has 20 heavy (non-hydrogen) atoms. The number of hydrogen-bond donors (Lipinski definition) is 3. The molecule has 3 N–H and O–H groups in total. The number of amides is 2. The first-order valence-electron chi connectivity index (χ1n) is 6.15. The van der Waals surface area contributed by atoms with E-state index in [1.807, 2.05) is 5.32 Å². The van der Waals surface area contributed by atoms with E-state index in [0.717, 1.165) is 0 Å². The third kappa shape index (κ3) is 5.54. The van der Waals surface area contributed by atoms with Gasteiger partial charge < -0.3 is 16.0 Å². The second-order valence-electron chi connectivity index (χ2n) is 4.48. The van der Waals surface area contributed by atoms with Crippen LogP contribution >= 0.6 is 12.4 Å². The van der Waals surface area contributed by atoms with Gasteiger partial charge >= 0.3 is 6.18 Å². The molecule has 1 aliphatic heterocycles. The van der Waals surface area contributed by atoms with E-state index in [1.165, 1.54) is 0 Å². The fourth-order valence-corrected chi connectivity index (χ4v) is 1.90. The van der Waals surface area contributed by atoms with Gasteiger partial charge in [-0.15, -0.1) is 12.4 Å². The Morgan fingerprint density at radius 2 is 2.00 bits per heavy atom. The van der Waals surface area contributed by atoms with Crippen LogP contribution in [-0.2, 0) is 9.59 Å². The Morgan fingerprint density at radius 1 is 1.35 bits per heavy atom. The second kappa shape index (κ2) is 8.31. The van der Waals surface area contributed by atoms with Gasteiger partial charge in [-0.3, -0.25) is 9.59 Å². The first-order chi connectivity index (χ1) is 8.86. The molecule has 2 amide bonds. The Morgan fingerprint density at radius 3 is 2.50 bits per heavy atom. The number of alkyl halides is 3. The first-order valence-corrected chi connectivity index (χ1v) is 6.15. The highest BCUT2D eigenvalue weighted by Gasteiger charge is 2.45. The summed E-state index contributed by atoms with van der Waals surface area (Å²) in [6, 6.07) is -1.84. The number of piperidine rings is 1. The number of carbonyl (C=O) groups is 2. The Bertz CT molecular complexity index is 339. The number of halogens is 4. The zero-order valence-corrected chi connectivity index (χ0v) is 11.9. The molecule has 0 bridgehead atoms. The summed E-state index contributed by atoms with van der Waals surface area (Å²) in [5, 5.41) is 7.30. The molecule has 1 fully saturated rings. The average Bonchev–Trinajstić information content (AvgIpc) is 2.33. The van der Waals surface area contributed by atoms with E-state index in [0.29, 0.717) is 19.5 Å². The summed E-state index contributed by atoms with van der Waals surface area (Å²) in [7, 11) is 1.77. The van der Waals surface area contributed by atoms with Crippen molar-refractivity contribution >= 4 is 24.2 Å². The van der Waals surface area contributed by atoms with Crippen molar-refractivity contribution in [3.63, 3.8) is 0 Å². The maximum atomic E-state index is 12.4. The second-order valence-corrected chi connectivity index (χ2v) is 4.48. The standard InChI is InChI=1S/C11H18F3N3O2.ClH/c1-15-5-2-6-16-9(18)7-3-4-8(11(12,13)14)17-10(7)19;/h7-8,15H,2-6H2,1H3,(H,16,18)(H,17,19);1H. The van der Waals surface area contributed by atoms with Crippen molar-refractivity contribution in [2.45, 2.75) is 31.5 Å². The van der Waals surface area contributed by atoms with E-state index in [-0.39, 0.29) is 25.2 Å². The molecule has 0 aromatic rings. The van der Waals surface area contributed by atoms with Gasteiger partial charge in [-0.25, -0.2) is 0 Å². The van der Waals surface area contributed by atoms with Gasteiger partial charge in [0.25, 0.3) is 0 Å². The summed E-state index contributed by atoms with van der Waals surface area (Å²) in [6.45, 7) is 1.11. The fourth-order valence-electron chi connectivity index (χ4n) is 1.90. The van der Waals surface area contributed by atoms with E-state index in [2.05, 4.69) is 10.6 Å². The molecule has 0 radical (unpaired) electrons. The van der Waals surface area contributed by atoms with Crippen LogP contribution < -0.4 is 16.0 Å². The van der Waals surface area contributed by atoms with E-state index >= 15 is 0 Å². The molecule has 1 heterocycles. The zero-order chi connectivity index (χ0) is 14.5. The fraction of sp³-hybridized carbons (Fsp3) is 0.818. The SMILES string of the molecule is CNCCCNC(=O)C1CCC(C(F)(F)F)NC1=O.Cl. The monoisotopic (exact) mass is 317 g/mol. The molecule has 0 aliphatic carbocycles. The van der Waals surface area contributed by atoms with Crippen molar-refractivity contribution in [1.29, 1.82) is 0 Å². The molecule has 118 valence electrons. The van der Waals surface area contributed by atoms with Crippen LogP contribution in [-0.4, -0.2) is 44.2 Å². The Balaban J connectivity index is 0.00000361. The average molecular weight is 318 g/mol. The lowest BCUT2D eigenvalue weighted by molar-refractivity contribution is -0.171. The Hall–Kier alpha value is -1.02. The molecule has 0 aromatic heterocycles. The lowest BCUT2D eigenvalue weighted by atomic mass is 9.93. The van der Waals surface area contributed by atoms with Crippen LogP contribution in [0.25, 0.3) is 0 Å². The van der Waals surface area contributed by atoms with E-state index in [1.54, 1.807) is 7.05 Å². The smallest absolute Gasteiger partial charge is 0.355 e. The molecule has 5 nitrogen and oxygen atoms in total. The van der Waals surface area contributed by atoms with Gasteiger partial charge in [-0.1, -0.05) is 0 Å². The topological polar surface area (TPSA) is 70.2 Å². The van der Waals surface area contributed by atoms with Crippen molar-refractivity contribution < 1.29 is 22.8 Å². The summed E-state index contributed by atoms with van der Waals surface area (Å²) in [4.78, 5) is 23.2. The zero-order valence-electron chi connectivity index (χ0n) is 11.0. The summed E-state index contributed by atoms with van der Waals surface area (Å²) >= 11 is 0. The van der Waals surface area contributed by atoms with Gasteiger partial charge in [0.2, 0.25) is 11.8 Å². The number of rotatable bonds is 5. The maximum absolute atomic E-state index is 12.4. The van der Waals surface area contributed by atoms with Crippen LogP contribution in [0.2, 0.25) is 0 Å². The molecule has 2 unspecified atom stereocenters. The number of carbonyl (C=O) groups excluding carboxylic acids is 2. The van der Waals surface area contributed by atoms with E-state index in [4.69, 9.17) is 0 Å². The van der Waals surface area contributed by atoms with Crippen LogP contribution in [0.5, 0.6) is 0 Å². The minimum absolute atomic E-state index is 0. The molecular weight excluding hydrogens is 299 g/mol. The maximum Gasteiger partial charge on any atom is 0.408 e. The van der Waals surface area contributed by atoms with Gasteiger partial charge in [0, 0.05) is 6.54 Å². The van der Waals surface area contributed by atoms with Gasteiger partial charge in [-0.05, 0) is 32.9 Å². The molecule has 1 aliphatic rings. The molecule has 0 aromatic carbocycles. The summed E-state index contributed by atoms with van der Waals surface area (Å²) in [5.74, 6) is -2.37. The Labute approximate surface area is 121 Å². The molecule has 2 atom stereocenters. The molecular formula is C11H19ClF3N3O2. The largest absolute Gasteiger partial charge is 0.408 e. The van der Waals surface area contributed by atoms with Crippen LogP contribution in [0.1, 0.15) is 19.3 Å². The quantitative estimate of drug-likeness (QED) is 0.513. The molecule has 0 saturated carbocycles. The minimum Gasteiger partial charge on any atom is -0.355 e. The van der Waals surface area contributed by atoms with Crippen LogP contribution in [0.15, 0.2) is 0 Å². The normalized spacial score (nSPS) is 22.7. The van der Waals surface area contributed by atoms with Crippen LogP contribution in [0.4, 0.5) is 13.2 Å². The molecule has 1 rings (SSSR count). The third-order valence-electron chi connectivity index (χ3n) is 2.99. The number of nitrogens with one attached hydrogen (secondary N) is 3. The number of hydrogen-bond acceptors (Lipinski definition) is 3. The van der Waals surface area contributed by atoms with Crippen molar-refractivity contribution in [3.05, 3.63) is 0 Å². The van der Waals surface area contributed by atoms with Gasteiger partial charge in [0.05, 0.1) is 0 Å². The van der Waals surface area contributed by atoms with Crippen molar-refractivity contribution in [2.24, 2.45) is 5.92 Å².